The predicted octanol–water partition coefficient (Wildman–Crippen LogP) is 4.81. The van der Waals surface area contributed by atoms with E-state index >= 15 is 0 Å². The molecule has 0 aliphatic heterocycles. The quantitative estimate of drug-likeness (QED) is 0.250. The van der Waals surface area contributed by atoms with Gasteiger partial charge in [0, 0.05) is 0 Å². The summed E-state index contributed by atoms with van der Waals surface area (Å²) in [5, 5.41) is 4.33. The van der Waals surface area contributed by atoms with E-state index in [2.05, 4.69) is 16.8 Å². The maximum Gasteiger partial charge on any atom is 0.0853 e. The molecule has 104 valence electrons. The van der Waals surface area contributed by atoms with Crippen molar-refractivity contribution in [1.82, 2.24) is 0 Å². The van der Waals surface area contributed by atoms with Crippen molar-refractivity contribution >= 4 is 0 Å². The summed E-state index contributed by atoms with van der Waals surface area (Å²) in [6, 6.07) is 0. The topological polar surface area (TPSA) is 27.7 Å². The van der Waals surface area contributed by atoms with Crippen LogP contribution in [0.3, 0.4) is 0 Å². The number of hydrogen-bond donors (Lipinski definition) is 0. The second-order valence-electron chi connectivity index (χ2n) is 4.59. The molecular formula is C14H30O3. The molecule has 0 N–H and O–H groups in total. The van der Waals surface area contributed by atoms with Gasteiger partial charge in [-0.3, -0.25) is 0 Å². The third-order valence-corrected chi connectivity index (χ3v) is 2.95. The SMILES string of the molecule is CCCCCCCCCCCCCOOOC. The lowest BCUT2D eigenvalue weighted by Crippen LogP contribution is -1.95. The van der Waals surface area contributed by atoms with Crippen molar-refractivity contribution in [3.63, 3.8) is 0 Å². The first-order chi connectivity index (χ1) is 8.41. The van der Waals surface area contributed by atoms with Gasteiger partial charge in [-0.05, 0) is 6.42 Å². The highest BCUT2D eigenvalue weighted by Crippen LogP contribution is 2.11. The molecule has 0 unspecified atom stereocenters. The highest BCUT2D eigenvalue weighted by atomic mass is 17.5. The third-order valence-electron chi connectivity index (χ3n) is 2.95. The average molecular weight is 246 g/mol. The molecule has 0 heterocycles. The molecule has 0 spiro atoms. The lowest BCUT2D eigenvalue weighted by atomic mass is 10.1. The minimum Gasteiger partial charge on any atom is -0.210 e. The molecule has 0 saturated carbocycles. The fraction of sp³-hybridized carbons (Fsp3) is 1.00. The van der Waals surface area contributed by atoms with Crippen LogP contribution in [-0.4, -0.2) is 13.7 Å². The van der Waals surface area contributed by atoms with Gasteiger partial charge in [0.2, 0.25) is 0 Å². The molecule has 0 fully saturated rings. The Morgan fingerprint density at radius 1 is 0.647 bits per heavy atom. The Balaban J connectivity index is 2.85. The molecule has 0 atom stereocenters. The van der Waals surface area contributed by atoms with Crippen LogP contribution in [-0.2, 0) is 14.8 Å². The third kappa shape index (κ3) is 15.9. The summed E-state index contributed by atoms with van der Waals surface area (Å²) < 4.78 is 0. The van der Waals surface area contributed by atoms with E-state index in [9.17, 15) is 0 Å². The standard InChI is InChI=1S/C14H30O3/c1-3-4-5-6-7-8-9-10-11-12-13-14-16-17-15-2/h3-14H2,1-2H3. The first kappa shape index (κ1) is 16.9. The minimum absolute atomic E-state index is 0.630. The largest absolute Gasteiger partial charge is 0.210 e. The fourth-order valence-corrected chi connectivity index (χ4v) is 1.91. The highest BCUT2D eigenvalue weighted by Gasteiger charge is 1.93. The van der Waals surface area contributed by atoms with E-state index in [1.165, 1.54) is 71.3 Å². The van der Waals surface area contributed by atoms with Gasteiger partial charge >= 0.3 is 0 Å². The van der Waals surface area contributed by atoms with Crippen molar-refractivity contribution in [3.8, 4) is 0 Å². The number of unbranched alkanes of at least 4 members (excludes halogenated alkanes) is 10. The molecule has 0 saturated heterocycles. The Morgan fingerprint density at radius 3 is 1.59 bits per heavy atom. The summed E-state index contributed by atoms with van der Waals surface area (Å²) in [6.45, 7) is 2.90. The molecule has 0 bridgehead atoms. The summed E-state index contributed by atoms with van der Waals surface area (Å²) in [5.74, 6) is 0. The number of rotatable bonds is 14. The highest BCUT2D eigenvalue weighted by molar-refractivity contribution is 4.47. The van der Waals surface area contributed by atoms with E-state index in [-0.39, 0.29) is 0 Å². The smallest absolute Gasteiger partial charge is 0.0853 e. The van der Waals surface area contributed by atoms with Crippen molar-refractivity contribution in [1.29, 1.82) is 0 Å². The maximum atomic E-state index is 4.74. The summed E-state index contributed by atoms with van der Waals surface area (Å²) in [6.07, 6.45) is 14.8. The molecule has 3 heteroatoms. The zero-order valence-electron chi connectivity index (χ0n) is 11.7. The summed E-state index contributed by atoms with van der Waals surface area (Å²) in [7, 11) is 1.44. The Morgan fingerprint density at radius 2 is 1.12 bits per heavy atom. The minimum atomic E-state index is 0.630. The Kier molecular flexibility index (Phi) is 15.8. The van der Waals surface area contributed by atoms with Crippen molar-refractivity contribution in [2.75, 3.05) is 13.7 Å². The lowest BCUT2D eigenvalue weighted by Gasteiger charge is -2.02. The van der Waals surface area contributed by atoms with Crippen LogP contribution in [0.4, 0.5) is 0 Å². The molecule has 0 aromatic rings. The maximum absolute atomic E-state index is 4.74. The summed E-state index contributed by atoms with van der Waals surface area (Å²) in [4.78, 5) is 9.06. The van der Waals surface area contributed by atoms with Gasteiger partial charge in [-0.15, -0.1) is 0 Å². The van der Waals surface area contributed by atoms with Gasteiger partial charge < -0.3 is 0 Å². The van der Waals surface area contributed by atoms with E-state index in [0.29, 0.717) is 6.61 Å². The van der Waals surface area contributed by atoms with Crippen molar-refractivity contribution < 1.29 is 14.8 Å². The predicted molar refractivity (Wildman–Crippen MR) is 70.5 cm³/mol. The summed E-state index contributed by atoms with van der Waals surface area (Å²) >= 11 is 0. The Bertz CT molecular complexity index is 115. The van der Waals surface area contributed by atoms with Crippen LogP contribution in [0.25, 0.3) is 0 Å². The van der Waals surface area contributed by atoms with Crippen LogP contribution in [0.15, 0.2) is 0 Å². The molecule has 0 radical (unpaired) electrons. The van der Waals surface area contributed by atoms with Gasteiger partial charge in [0.1, 0.15) is 0 Å². The van der Waals surface area contributed by atoms with Crippen molar-refractivity contribution in [2.45, 2.75) is 77.6 Å². The molecular weight excluding hydrogens is 216 g/mol. The molecule has 0 aromatic carbocycles. The first-order valence-corrected chi connectivity index (χ1v) is 7.24. The van der Waals surface area contributed by atoms with E-state index in [1.54, 1.807) is 0 Å². The van der Waals surface area contributed by atoms with Crippen LogP contribution < -0.4 is 0 Å². The van der Waals surface area contributed by atoms with Gasteiger partial charge in [0.05, 0.1) is 13.7 Å². The zero-order valence-corrected chi connectivity index (χ0v) is 11.7. The summed E-state index contributed by atoms with van der Waals surface area (Å²) in [5.41, 5.74) is 0. The molecule has 17 heavy (non-hydrogen) atoms. The van der Waals surface area contributed by atoms with Crippen LogP contribution in [0.5, 0.6) is 0 Å². The lowest BCUT2D eigenvalue weighted by molar-refractivity contribution is -0.502. The molecule has 0 amide bonds. The van der Waals surface area contributed by atoms with Gasteiger partial charge in [-0.1, -0.05) is 76.2 Å². The van der Waals surface area contributed by atoms with Crippen molar-refractivity contribution in [3.05, 3.63) is 0 Å². The normalized spacial score (nSPS) is 10.9. The monoisotopic (exact) mass is 246 g/mol. The number of hydrogen-bond acceptors (Lipinski definition) is 3. The van der Waals surface area contributed by atoms with E-state index < -0.39 is 0 Å². The first-order valence-electron chi connectivity index (χ1n) is 7.24. The molecule has 3 nitrogen and oxygen atoms in total. The average Bonchev–Trinajstić information content (AvgIpc) is 2.35. The molecule has 0 aromatic heterocycles. The Labute approximate surface area is 107 Å². The van der Waals surface area contributed by atoms with Crippen LogP contribution in [0.1, 0.15) is 77.6 Å². The Hall–Kier alpha value is -0.120. The fourth-order valence-electron chi connectivity index (χ4n) is 1.91. The van der Waals surface area contributed by atoms with Crippen LogP contribution in [0.2, 0.25) is 0 Å². The van der Waals surface area contributed by atoms with Gasteiger partial charge in [0.25, 0.3) is 0 Å². The van der Waals surface area contributed by atoms with Gasteiger partial charge in [0.15, 0.2) is 0 Å². The molecule has 0 aliphatic carbocycles. The van der Waals surface area contributed by atoms with E-state index in [0.717, 1.165) is 6.42 Å². The van der Waals surface area contributed by atoms with E-state index in [4.69, 9.17) is 4.89 Å². The zero-order chi connectivity index (χ0) is 12.6. The van der Waals surface area contributed by atoms with Crippen LogP contribution in [0, 0.1) is 0 Å². The van der Waals surface area contributed by atoms with Crippen LogP contribution >= 0.6 is 0 Å². The van der Waals surface area contributed by atoms with Gasteiger partial charge in [-0.2, -0.15) is 0 Å². The van der Waals surface area contributed by atoms with Crippen molar-refractivity contribution in [2.24, 2.45) is 0 Å². The molecule has 0 rings (SSSR count). The second kappa shape index (κ2) is 15.9. The molecule has 0 aliphatic rings. The van der Waals surface area contributed by atoms with E-state index in [1.807, 2.05) is 0 Å². The van der Waals surface area contributed by atoms with Gasteiger partial charge in [-0.25, -0.2) is 9.78 Å². The second-order valence-corrected chi connectivity index (χ2v) is 4.59.